The molecule has 10 heteroatoms. The lowest BCUT2D eigenvalue weighted by molar-refractivity contribution is -0.140. The fourth-order valence-electron chi connectivity index (χ4n) is 5.26. The van der Waals surface area contributed by atoms with E-state index in [2.05, 4.69) is 5.32 Å². The molecule has 1 aliphatic carbocycles. The average Bonchev–Trinajstić information content (AvgIpc) is 3.50. The van der Waals surface area contributed by atoms with Crippen molar-refractivity contribution in [2.24, 2.45) is 0 Å². The topological polar surface area (TPSA) is 96.0 Å². The van der Waals surface area contributed by atoms with Gasteiger partial charge in [-0.05, 0) is 68.1 Å². The zero-order valence-corrected chi connectivity index (χ0v) is 25.8. The van der Waals surface area contributed by atoms with Gasteiger partial charge in [0, 0.05) is 17.6 Å². The Bertz CT molecular complexity index is 1470. The van der Waals surface area contributed by atoms with E-state index in [4.69, 9.17) is 16.3 Å². The van der Waals surface area contributed by atoms with Gasteiger partial charge in [-0.15, -0.1) is 0 Å². The molecule has 0 aliphatic heterocycles. The minimum Gasteiger partial charge on any atom is -0.495 e. The van der Waals surface area contributed by atoms with E-state index < -0.39 is 28.5 Å². The number of sulfonamides is 1. The van der Waals surface area contributed by atoms with Crippen molar-refractivity contribution >= 4 is 39.1 Å². The molecule has 3 aromatic rings. The zero-order chi connectivity index (χ0) is 30.3. The molecule has 0 heterocycles. The molecule has 0 bridgehead atoms. The number of para-hydroxylation sites is 2. The smallest absolute Gasteiger partial charge is 0.264 e. The third-order valence-corrected chi connectivity index (χ3v) is 9.62. The van der Waals surface area contributed by atoms with Crippen LogP contribution >= 0.6 is 11.6 Å². The number of nitrogens with zero attached hydrogens (tertiary/aromatic N) is 2. The Kier molecular flexibility index (Phi) is 10.5. The molecule has 224 valence electrons. The van der Waals surface area contributed by atoms with Crippen LogP contribution in [-0.4, -0.2) is 50.9 Å². The number of hydrogen-bond acceptors (Lipinski definition) is 5. The van der Waals surface area contributed by atoms with Crippen LogP contribution in [0.1, 0.15) is 50.2 Å². The van der Waals surface area contributed by atoms with Crippen LogP contribution in [0.5, 0.6) is 5.75 Å². The normalized spacial score (nSPS) is 14.3. The number of methoxy groups -OCH3 is 1. The first-order chi connectivity index (χ1) is 20.1. The van der Waals surface area contributed by atoms with Gasteiger partial charge in [0.25, 0.3) is 10.0 Å². The number of amides is 2. The molecule has 2 amide bonds. The van der Waals surface area contributed by atoms with Crippen molar-refractivity contribution in [1.29, 1.82) is 0 Å². The van der Waals surface area contributed by atoms with Crippen molar-refractivity contribution in [1.82, 2.24) is 10.2 Å². The second kappa shape index (κ2) is 14.1. The van der Waals surface area contributed by atoms with Crippen molar-refractivity contribution in [2.75, 3.05) is 18.0 Å². The molecule has 42 heavy (non-hydrogen) atoms. The van der Waals surface area contributed by atoms with Crippen LogP contribution in [0.2, 0.25) is 5.02 Å². The van der Waals surface area contributed by atoms with Crippen molar-refractivity contribution in [3.63, 3.8) is 0 Å². The number of carbonyl (C=O) groups excluding carboxylic acids is 2. The Morgan fingerprint density at radius 1 is 1.00 bits per heavy atom. The Balaban J connectivity index is 1.74. The maximum Gasteiger partial charge on any atom is 0.264 e. The minimum absolute atomic E-state index is 0.0436. The number of rotatable bonds is 12. The van der Waals surface area contributed by atoms with E-state index in [1.807, 2.05) is 13.8 Å². The van der Waals surface area contributed by atoms with Gasteiger partial charge in [-0.2, -0.15) is 0 Å². The lowest BCUT2D eigenvalue weighted by Gasteiger charge is -2.34. The van der Waals surface area contributed by atoms with Crippen LogP contribution in [0.3, 0.4) is 0 Å². The number of hydrogen-bond donors (Lipinski definition) is 1. The quantitative estimate of drug-likeness (QED) is 0.283. The van der Waals surface area contributed by atoms with Crippen LogP contribution in [0, 0.1) is 6.92 Å². The lowest BCUT2D eigenvalue weighted by Crippen LogP contribution is -2.53. The van der Waals surface area contributed by atoms with E-state index in [1.54, 1.807) is 60.7 Å². The predicted octanol–water partition coefficient (Wildman–Crippen LogP) is 5.72. The lowest BCUT2D eigenvalue weighted by atomic mass is 10.1. The summed E-state index contributed by atoms with van der Waals surface area (Å²) in [5.74, 6) is -0.451. The van der Waals surface area contributed by atoms with Gasteiger partial charge in [-0.1, -0.05) is 73.3 Å². The molecule has 0 radical (unpaired) electrons. The molecule has 4 rings (SSSR count). The zero-order valence-electron chi connectivity index (χ0n) is 24.3. The van der Waals surface area contributed by atoms with Gasteiger partial charge in [-0.3, -0.25) is 13.9 Å². The number of ether oxygens (including phenoxy) is 1. The predicted molar refractivity (Wildman–Crippen MR) is 165 cm³/mol. The fourth-order valence-corrected chi connectivity index (χ4v) is 6.81. The number of benzene rings is 3. The molecule has 1 atom stereocenters. The highest BCUT2D eigenvalue weighted by molar-refractivity contribution is 7.92. The summed E-state index contributed by atoms with van der Waals surface area (Å²) >= 11 is 6.10. The molecule has 1 fully saturated rings. The summed E-state index contributed by atoms with van der Waals surface area (Å²) in [6.07, 6.45) is 4.28. The molecule has 1 N–H and O–H groups in total. The summed E-state index contributed by atoms with van der Waals surface area (Å²) < 4.78 is 34.7. The van der Waals surface area contributed by atoms with Gasteiger partial charge in [0.2, 0.25) is 11.8 Å². The van der Waals surface area contributed by atoms with E-state index in [9.17, 15) is 18.0 Å². The molecular weight excluding hydrogens is 574 g/mol. The molecule has 1 aliphatic rings. The summed E-state index contributed by atoms with van der Waals surface area (Å²) in [6, 6.07) is 19.5. The van der Waals surface area contributed by atoms with E-state index in [-0.39, 0.29) is 29.1 Å². The maximum atomic E-state index is 14.2. The van der Waals surface area contributed by atoms with E-state index in [1.165, 1.54) is 24.1 Å². The largest absolute Gasteiger partial charge is 0.495 e. The highest BCUT2D eigenvalue weighted by Crippen LogP contribution is 2.33. The van der Waals surface area contributed by atoms with Crippen LogP contribution in [-0.2, 0) is 26.2 Å². The van der Waals surface area contributed by atoms with Gasteiger partial charge < -0.3 is 15.0 Å². The molecule has 0 spiro atoms. The molecule has 0 aromatic heterocycles. The Hall–Kier alpha value is -3.56. The van der Waals surface area contributed by atoms with Gasteiger partial charge in [0.15, 0.2) is 0 Å². The molecule has 1 saturated carbocycles. The summed E-state index contributed by atoms with van der Waals surface area (Å²) in [7, 11) is -2.74. The van der Waals surface area contributed by atoms with Crippen molar-refractivity contribution < 1.29 is 22.7 Å². The van der Waals surface area contributed by atoms with Gasteiger partial charge >= 0.3 is 0 Å². The first kappa shape index (κ1) is 31.4. The molecule has 8 nitrogen and oxygen atoms in total. The standard InChI is InChI=1S/C32H38ClN3O5S/c1-4-28(32(38)34-26-9-5-6-10-26)35(21-24-15-17-25(33)18-16-24)31(37)22-36(29-11-7-8-12-30(29)41-3)42(39,40)27-19-13-23(2)14-20-27/h7-8,11-20,26,28H,4-6,9-10,21-22H2,1-3H3,(H,34,38). The first-order valence-corrected chi connectivity index (χ1v) is 16.0. The van der Waals surface area contributed by atoms with Gasteiger partial charge in [-0.25, -0.2) is 8.42 Å². The van der Waals surface area contributed by atoms with Crippen molar-refractivity contribution in [2.45, 2.75) is 69.5 Å². The van der Waals surface area contributed by atoms with Crippen LogP contribution in [0.25, 0.3) is 0 Å². The number of carbonyl (C=O) groups is 2. The van der Waals surface area contributed by atoms with Crippen LogP contribution < -0.4 is 14.4 Å². The maximum absolute atomic E-state index is 14.2. The Morgan fingerprint density at radius 3 is 2.26 bits per heavy atom. The Labute approximate surface area is 253 Å². The van der Waals surface area contributed by atoms with E-state index in [0.29, 0.717) is 17.2 Å². The highest BCUT2D eigenvalue weighted by atomic mass is 35.5. The summed E-state index contributed by atoms with van der Waals surface area (Å²) in [4.78, 5) is 29.3. The minimum atomic E-state index is -4.19. The van der Waals surface area contributed by atoms with Crippen LogP contribution in [0.4, 0.5) is 5.69 Å². The summed E-state index contributed by atoms with van der Waals surface area (Å²) in [5, 5.41) is 3.67. The van der Waals surface area contributed by atoms with E-state index >= 15 is 0 Å². The third kappa shape index (κ3) is 7.44. The third-order valence-electron chi connectivity index (χ3n) is 7.60. The highest BCUT2D eigenvalue weighted by Gasteiger charge is 2.35. The summed E-state index contributed by atoms with van der Waals surface area (Å²) in [6.45, 7) is 3.30. The number of nitrogens with one attached hydrogen (secondary N) is 1. The molecule has 1 unspecified atom stereocenters. The first-order valence-electron chi connectivity index (χ1n) is 14.2. The molecular formula is C32H38ClN3O5S. The summed E-state index contributed by atoms with van der Waals surface area (Å²) in [5.41, 5.74) is 1.90. The van der Waals surface area contributed by atoms with Crippen molar-refractivity contribution in [3.8, 4) is 5.75 Å². The molecule has 0 saturated heterocycles. The number of halogens is 1. The number of aryl methyl sites for hydroxylation is 1. The fraction of sp³-hybridized carbons (Fsp3) is 0.375. The SMILES string of the molecule is CCC(C(=O)NC1CCCC1)N(Cc1ccc(Cl)cc1)C(=O)CN(c1ccccc1OC)S(=O)(=O)c1ccc(C)cc1. The monoisotopic (exact) mass is 611 g/mol. The van der Waals surface area contributed by atoms with Crippen LogP contribution in [0.15, 0.2) is 77.7 Å². The number of anilines is 1. The average molecular weight is 612 g/mol. The van der Waals surface area contributed by atoms with E-state index in [0.717, 1.165) is 41.1 Å². The van der Waals surface area contributed by atoms with Gasteiger partial charge in [0.05, 0.1) is 17.7 Å². The Morgan fingerprint density at radius 2 is 1.64 bits per heavy atom. The van der Waals surface area contributed by atoms with Crippen molar-refractivity contribution in [3.05, 3.63) is 88.9 Å². The second-order valence-corrected chi connectivity index (χ2v) is 12.9. The molecule has 3 aromatic carbocycles. The second-order valence-electron chi connectivity index (χ2n) is 10.6. The van der Waals surface area contributed by atoms with Gasteiger partial charge in [0.1, 0.15) is 18.3 Å².